The first kappa shape index (κ1) is 16.4. The van der Waals surface area contributed by atoms with E-state index in [9.17, 15) is 13.3 Å². The van der Waals surface area contributed by atoms with Crippen LogP contribution in [0, 0.1) is 0 Å². The fourth-order valence-electron chi connectivity index (χ4n) is 0.862. The molecular weight excluding hydrogens is 356 g/mol. The van der Waals surface area contributed by atoms with Gasteiger partial charge >= 0.3 is 13.3 Å². The zero-order valence-electron chi connectivity index (χ0n) is 8.95. The van der Waals surface area contributed by atoms with Crippen molar-refractivity contribution in [3.05, 3.63) is 9.66 Å². The Bertz CT molecular complexity index is 286. The number of hydrogen-bond donors (Lipinski definition) is 1. The molecule has 1 N–H and O–H groups in total. The summed E-state index contributed by atoms with van der Waals surface area (Å²) in [7, 11) is -4.51. The third kappa shape index (κ3) is 4.37. The lowest BCUT2D eigenvalue weighted by Crippen LogP contribution is -2.18. The summed E-state index contributed by atoms with van der Waals surface area (Å²) in [6, 6.07) is 0. The van der Waals surface area contributed by atoms with Crippen LogP contribution in [0.3, 0.4) is 0 Å². The molecule has 0 aliphatic heterocycles. The Labute approximate surface area is 107 Å². The molecule has 0 spiro atoms. The van der Waals surface area contributed by atoms with Gasteiger partial charge in [0.15, 0.2) is 0 Å². The van der Waals surface area contributed by atoms with Gasteiger partial charge in [-0.1, -0.05) is 0 Å². The van der Waals surface area contributed by atoms with Crippen molar-refractivity contribution in [1.29, 1.82) is 0 Å². The molecule has 0 heterocycles. The first-order valence-electron chi connectivity index (χ1n) is 4.58. The molecule has 0 unspecified atom stereocenters. The van der Waals surface area contributed by atoms with E-state index in [-0.39, 0.29) is 16.8 Å². The molecule has 0 aromatic carbocycles. The van der Waals surface area contributed by atoms with E-state index >= 15 is 0 Å². The first-order chi connectivity index (χ1) is 7.33. The normalized spacial score (nSPS) is 14.2. The number of hydrogen-bond acceptors (Lipinski definition) is 4. The SMILES string of the molecule is CCOP(=O)(OCC)C(F)(F)/C=C(\I)CO. The summed E-state index contributed by atoms with van der Waals surface area (Å²) < 4.78 is 48.0. The van der Waals surface area contributed by atoms with Crippen molar-refractivity contribution < 1.29 is 27.5 Å². The van der Waals surface area contributed by atoms with Gasteiger partial charge in [0.25, 0.3) is 0 Å². The summed E-state index contributed by atoms with van der Waals surface area (Å²) >= 11 is 1.53. The Morgan fingerprint density at radius 2 is 1.88 bits per heavy atom. The molecule has 0 aliphatic carbocycles. The van der Waals surface area contributed by atoms with E-state index in [1.165, 1.54) is 36.4 Å². The number of aliphatic hydroxyl groups is 1. The molecule has 0 amide bonds. The van der Waals surface area contributed by atoms with Gasteiger partial charge in [-0.15, -0.1) is 0 Å². The lowest BCUT2D eigenvalue weighted by Gasteiger charge is -2.23. The van der Waals surface area contributed by atoms with Crippen LogP contribution in [0.4, 0.5) is 8.78 Å². The number of halogens is 3. The van der Waals surface area contributed by atoms with Crippen LogP contribution in [0.25, 0.3) is 0 Å². The van der Waals surface area contributed by atoms with Gasteiger partial charge in [-0.25, -0.2) is 0 Å². The average Bonchev–Trinajstić information content (AvgIpc) is 2.17. The molecule has 96 valence electrons. The Morgan fingerprint density at radius 1 is 1.44 bits per heavy atom. The molecule has 0 radical (unpaired) electrons. The average molecular weight is 370 g/mol. The number of allylic oxidation sites excluding steroid dienone is 1. The zero-order chi connectivity index (χ0) is 12.8. The summed E-state index contributed by atoms with van der Waals surface area (Å²) in [6.07, 6.45) is 0.402. The number of rotatable bonds is 7. The van der Waals surface area contributed by atoms with Crippen LogP contribution in [-0.2, 0) is 13.6 Å². The van der Waals surface area contributed by atoms with Crippen LogP contribution in [0.15, 0.2) is 9.66 Å². The standard InChI is InChI=1S/C8H14F2IO4P/c1-3-14-16(13,15-4-2)8(9,10)5-7(11)6-12/h5,12H,3-4,6H2,1-2H3/b7-5-. The highest BCUT2D eigenvalue weighted by molar-refractivity contribution is 14.1. The fraction of sp³-hybridized carbons (Fsp3) is 0.750. The minimum Gasteiger partial charge on any atom is -0.391 e. The van der Waals surface area contributed by atoms with E-state index in [1.807, 2.05) is 0 Å². The number of aliphatic hydroxyl groups excluding tert-OH is 1. The Balaban J connectivity index is 5.11. The lowest BCUT2D eigenvalue weighted by atomic mass is 10.5. The summed E-state index contributed by atoms with van der Waals surface area (Å²) in [5.41, 5.74) is -3.74. The van der Waals surface area contributed by atoms with Crippen molar-refractivity contribution in [2.24, 2.45) is 0 Å². The van der Waals surface area contributed by atoms with E-state index in [0.29, 0.717) is 6.08 Å². The maximum absolute atomic E-state index is 13.6. The summed E-state index contributed by atoms with van der Waals surface area (Å²) in [4.78, 5) is 0. The molecule has 0 aromatic rings. The van der Waals surface area contributed by atoms with Crippen molar-refractivity contribution >= 4 is 30.2 Å². The van der Waals surface area contributed by atoms with Gasteiger partial charge in [-0.2, -0.15) is 8.78 Å². The Kier molecular flexibility index (Phi) is 7.20. The van der Waals surface area contributed by atoms with E-state index < -0.39 is 19.9 Å². The molecule has 0 saturated heterocycles. The van der Waals surface area contributed by atoms with E-state index in [1.54, 1.807) is 0 Å². The lowest BCUT2D eigenvalue weighted by molar-refractivity contribution is 0.0787. The topological polar surface area (TPSA) is 55.8 Å². The molecule has 0 fully saturated rings. The highest BCUT2D eigenvalue weighted by Crippen LogP contribution is 2.62. The van der Waals surface area contributed by atoms with Gasteiger partial charge in [-0.3, -0.25) is 4.57 Å². The van der Waals surface area contributed by atoms with E-state index in [0.717, 1.165) is 0 Å². The molecule has 8 heteroatoms. The second kappa shape index (κ2) is 7.00. The molecule has 0 rings (SSSR count). The van der Waals surface area contributed by atoms with Crippen molar-refractivity contribution in [2.75, 3.05) is 19.8 Å². The molecule has 16 heavy (non-hydrogen) atoms. The van der Waals surface area contributed by atoms with Gasteiger partial charge in [-0.05, 0) is 36.4 Å². The second-order valence-electron chi connectivity index (χ2n) is 2.67. The molecule has 4 nitrogen and oxygen atoms in total. The highest BCUT2D eigenvalue weighted by Gasteiger charge is 2.51. The molecule has 0 aliphatic rings. The Hall–Kier alpha value is 0.440. The largest absolute Gasteiger partial charge is 0.403 e. The predicted octanol–water partition coefficient (Wildman–Crippen LogP) is 3.16. The second-order valence-corrected chi connectivity index (χ2v) is 6.16. The summed E-state index contributed by atoms with van der Waals surface area (Å²) in [5, 5.41) is 8.64. The molecule has 0 saturated carbocycles. The highest BCUT2D eigenvalue weighted by atomic mass is 127. The Morgan fingerprint density at radius 3 is 2.19 bits per heavy atom. The van der Waals surface area contributed by atoms with Gasteiger partial charge in [0.1, 0.15) is 0 Å². The molecule has 0 atom stereocenters. The summed E-state index contributed by atoms with van der Waals surface area (Å²) in [5.74, 6) is 0. The first-order valence-corrected chi connectivity index (χ1v) is 7.20. The van der Waals surface area contributed by atoms with Gasteiger partial charge in [0, 0.05) is 9.66 Å². The van der Waals surface area contributed by atoms with Crippen molar-refractivity contribution in [3.63, 3.8) is 0 Å². The van der Waals surface area contributed by atoms with Crippen LogP contribution in [-0.4, -0.2) is 30.6 Å². The van der Waals surface area contributed by atoms with Crippen LogP contribution >= 0.6 is 30.2 Å². The van der Waals surface area contributed by atoms with Gasteiger partial charge in [0.05, 0.1) is 19.8 Å². The minimum absolute atomic E-state index is 0.0257. The van der Waals surface area contributed by atoms with E-state index in [4.69, 9.17) is 5.11 Å². The number of alkyl halides is 2. The maximum atomic E-state index is 13.6. The maximum Gasteiger partial charge on any atom is 0.403 e. The van der Waals surface area contributed by atoms with Crippen LogP contribution in [0.1, 0.15) is 13.8 Å². The van der Waals surface area contributed by atoms with Gasteiger partial charge in [0.2, 0.25) is 0 Å². The predicted molar refractivity (Wildman–Crippen MR) is 65.0 cm³/mol. The quantitative estimate of drug-likeness (QED) is 0.553. The van der Waals surface area contributed by atoms with Crippen molar-refractivity contribution in [2.45, 2.75) is 19.5 Å². The third-order valence-electron chi connectivity index (χ3n) is 1.44. The van der Waals surface area contributed by atoms with E-state index in [2.05, 4.69) is 9.05 Å². The van der Waals surface area contributed by atoms with Crippen LogP contribution in [0.2, 0.25) is 0 Å². The molecule has 0 aromatic heterocycles. The van der Waals surface area contributed by atoms with Crippen LogP contribution in [0.5, 0.6) is 0 Å². The van der Waals surface area contributed by atoms with Crippen LogP contribution < -0.4 is 0 Å². The molecular formula is C8H14F2IO4P. The molecule has 0 bridgehead atoms. The summed E-state index contributed by atoms with van der Waals surface area (Å²) in [6.45, 7) is 2.06. The monoisotopic (exact) mass is 370 g/mol. The van der Waals surface area contributed by atoms with Crippen molar-refractivity contribution in [1.82, 2.24) is 0 Å². The fourth-order valence-corrected chi connectivity index (χ4v) is 2.91. The zero-order valence-corrected chi connectivity index (χ0v) is 12.0. The minimum atomic E-state index is -4.51. The third-order valence-corrected chi connectivity index (χ3v) is 4.15. The smallest absolute Gasteiger partial charge is 0.391 e. The van der Waals surface area contributed by atoms with Crippen molar-refractivity contribution in [3.8, 4) is 0 Å². The van der Waals surface area contributed by atoms with Gasteiger partial charge < -0.3 is 14.2 Å².